The van der Waals surface area contributed by atoms with E-state index in [1.807, 2.05) is 0 Å². The summed E-state index contributed by atoms with van der Waals surface area (Å²) in [6, 6.07) is 0. The Labute approximate surface area is 104 Å². The Morgan fingerprint density at radius 2 is 0.800 bits per heavy atom. The van der Waals surface area contributed by atoms with E-state index in [1.54, 1.807) is 0 Å². The van der Waals surface area contributed by atoms with Gasteiger partial charge in [-0.25, -0.2) is 4.57 Å². The molecule has 7 nitrogen and oxygen atoms in total. The van der Waals surface area contributed by atoms with E-state index in [-0.39, 0.29) is 77.6 Å². The monoisotopic (exact) mass is 197 g/mol. The van der Waals surface area contributed by atoms with Crippen LogP contribution in [0.3, 0.4) is 0 Å². The fourth-order valence-electron chi connectivity index (χ4n) is 0. The number of hydrogen-bond acceptors (Lipinski definition) is 4. The molecule has 0 radical (unpaired) electrons. The van der Waals surface area contributed by atoms with Crippen LogP contribution in [0.2, 0.25) is 0 Å². The summed E-state index contributed by atoms with van der Waals surface area (Å²) in [5.41, 5.74) is 0. The van der Waals surface area contributed by atoms with Crippen LogP contribution in [0.4, 0.5) is 0 Å². The zero-order valence-electron chi connectivity index (χ0n) is 4.32. The molecule has 0 aromatic heterocycles. The second-order valence-electron chi connectivity index (χ2n) is 0.513. The third-order valence-electron chi connectivity index (χ3n) is 0. The van der Waals surface area contributed by atoms with E-state index in [1.165, 1.54) is 0 Å². The molecule has 0 aromatic rings. The average Bonchev–Trinajstić information content (AvgIpc) is 0.722. The molecule has 0 fully saturated rings. The molecule has 0 spiro atoms. The third kappa shape index (κ3) is 204. The van der Waals surface area contributed by atoms with Gasteiger partial charge in [0.15, 0.2) is 0 Å². The Hall–Kier alpha value is 1.99. The van der Waals surface area contributed by atoms with Crippen LogP contribution in [-0.2, 0) is 4.57 Å². The summed E-state index contributed by atoms with van der Waals surface area (Å²) < 4.78 is 8.88. The second-order valence-corrected chi connectivity index (χ2v) is 1.54. The SMILES string of the molecule is N.N.N.O=P(O)(O)O.[NaH].[NaH]. The zero-order valence-corrected chi connectivity index (χ0v) is 5.21. The van der Waals surface area contributed by atoms with Gasteiger partial charge in [-0.1, -0.05) is 0 Å². The van der Waals surface area contributed by atoms with Crippen molar-refractivity contribution in [2.75, 3.05) is 0 Å². The van der Waals surface area contributed by atoms with Gasteiger partial charge < -0.3 is 33.1 Å². The van der Waals surface area contributed by atoms with Gasteiger partial charge in [0.2, 0.25) is 0 Å². The Morgan fingerprint density at radius 1 is 0.800 bits per heavy atom. The van der Waals surface area contributed by atoms with Crippen molar-refractivity contribution < 1.29 is 19.2 Å². The van der Waals surface area contributed by atoms with Crippen molar-refractivity contribution in [3.05, 3.63) is 0 Å². The minimum absolute atomic E-state index is 0. The maximum atomic E-state index is 8.88. The van der Waals surface area contributed by atoms with E-state index in [0.717, 1.165) is 0 Å². The van der Waals surface area contributed by atoms with Gasteiger partial charge in [0.05, 0.1) is 0 Å². The molecule has 0 aliphatic heterocycles. The summed E-state index contributed by atoms with van der Waals surface area (Å²) in [6.07, 6.45) is 0. The first-order chi connectivity index (χ1) is 2.00. The molecule has 0 amide bonds. The molecule has 0 aliphatic rings. The van der Waals surface area contributed by atoms with Crippen molar-refractivity contribution in [1.29, 1.82) is 0 Å². The maximum absolute atomic E-state index is 8.88. The van der Waals surface area contributed by atoms with Gasteiger partial charge in [0.1, 0.15) is 0 Å². The van der Waals surface area contributed by atoms with Crippen molar-refractivity contribution >= 4 is 66.9 Å². The van der Waals surface area contributed by atoms with Crippen LogP contribution in [0.15, 0.2) is 0 Å². The summed E-state index contributed by atoms with van der Waals surface area (Å²) in [7, 11) is -4.64. The van der Waals surface area contributed by atoms with Gasteiger partial charge in [-0.05, 0) is 0 Å². The molecule has 0 heterocycles. The summed E-state index contributed by atoms with van der Waals surface area (Å²) in [5.74, 6) is 0. The third-order valence-corrected chi connectivity index (χ3v) is 0. The normalized spacial score (nSPS) is 5.90. The molecule has 10 heavy (non-hydrogen) atoms. The number of hydrogen-bond donors (Lipinski definition) is 6. The van der Waals surface area contributed by atoms with Gasteiger partial charge >= 0.3 is 66.9 Å². The number of phosphoric acid groups is 1. The van der Waals surface area contributed by atoms with Gasteiger partial charge in [-0.15, -0.1) is 0 Å². The second kappa shape index (κ2) is 17.2. The predicted molar refractivity (Wildman–Crippen MR) is 43.6 cm³/mol. The van der Waals surface area contributed by atoms with Gasteiger partial charge in [-0.3, -0.25) is 0 Å². The summed E-state index contributed by atoms with van der Waals surface area (Å²) in [6.45, 7) is 0. The minimum atomic E-state index is -4.64. The van der Waals surface area contributed by atoms with Crippen molar-refractivity contribution in [3.8, 4) is 0 Å². The molecule has 12 N–H and O–H groups in total. The van der Waals surface area contributed by atoms with E-state index < -0.39 is 7.82 Å². The van der Waals surface area contributed by atoms with Crippen molar-refractivity contribution in [3.63, 3.8) is 0 Å². The molecule has 0 unspecified atom stereocenters. The molecule has 0 saturated carbocycles. The van der Waals surface area contributed by atoms with Crippen LogP contribution in [0.1, 0.15) is 0 Å². The van der Waals surface area contributed by atoms with Crippen molar-refractivity contribution in [1.82, 2.24) is 18.5 Å². The molecule has 60 valence electrons. The first-order valence-electron chi connectivity index (χ1n) is 0.783. The molecule has 0 atom stereocenters. The molecule has 0 saturated heterocycles. The van der Waals surface area contributed by atoms with Crippen LogP contribution in [0.5, 0.6) is 0 Å². The first-order valence-corrected chi connectivity index (χ1v) is 2.35. The average molecular weight is 197 g/mol. The topological polar surface area (TPSA) is 183 Å². The van der Waals surface area contributed by atoms with Crippen LogP contribution in [-0.4, -0.2) is 73.8 Å². The zero-order chi connectivity index (χ0) is 4.50. The fraction of sp³-hybridized carbons (Fsp3) is 0. The molecule has 0 bridgehead atoms. The predicted octanol–water partition coefficient (Wildman–Crippen LogP) is -1.74. The molecule has 0 aromatic carbocycles. The van der Waals surface area contributed by atoms with E-state index in [9.17, 15) is 0 Å². The Balaban J connectivity index is -0.00000000800. The van der Waals surface area contributed by atoms with Gasteiger partial charge in [-0.2, -0.15) is 0 Å². The molecule has 10 heteroatoms. The molecule has 0 rings (SSSR count). The van der Waals surface area contributed by atoms with E-state index in [2.05, 4.69) is 0 Å². The quantitative estimate of drug-likeness (QED) is 0.196. The number of rotatable bonds is 0. The van der Waals surface area contributed by atoms with E-state index >= 15 is 0 Å². The molecule has 0 aliphatic carbocycles. The standard InChI is InChI=1S/3H3N.2Na.H3O4P.2H/c;;;;;1-5(2,3)4;;/h3*1H3;;;(H3,1,2,3,4);;. The summed E-state index contributed by atoms with van der Waals surface area (Å²) in [4.78, 5) is 21.6. The van der Waals surface area contributed by atoms with E-state index in [4.69, 9.17) is 19.2 Å². The van der Waals surface area contributed by atoms with Gasteiger partial charge in [0, 0.05) is 0 Å². The summed E-state index contributed by atoms with van der Waals surface area (Å²) in [5, 5.41) is 0. The Kier molecular flexibility index (Phi) is 69.3. The van der Waals surface area contributed by atoms with Crippen LogP contribution in [0.25, 0.3) is 0 Å². The van der Waals surface area contributed by atoms with Crippen LogP contribution in [0, 0.1) is 0 Å². The molecular weight excluding hydrogens is 183 g/mol. The Bertz CT molecular complexity index is 64.6. The van der Waals surface area contributed by atoms with Crippen molar-refractivity contribution in [2.24, 2.45) is 0 Å². The molecular formula is H14N3Na2O4P. The van der Waals surface area contributed by atoms with E-state index in [0.29, 0.717) is 0 Å². The fourth-order valence-corrected chi connectivity index (χ4v) is 0. The first kappa shape index (κ1) is 40.4. The van der Waals surface area contributed by atoms with Crippen LogP contribution < -0.4 is 18.5 Å². The van der Waals surface area contributed by atoms with Gasteiger partial charge in [0.25, 0.3) is 0 Å². The van der Waals surface area contributed by atoms with Crippen molar-refractivity contribution in [2.45, 2.75) is 0 Å². The Morgan fingerprint density at radius 3 is 0.800 bits per heavy atom. The van der Waals surface area contributed by atoms with Crippen LogP contribution >= 0.6 is 7.82 Å². The summed E-state index contributed by atoms with van der Waals surface area (Å²) >= 11 is 0.